The monoisotopic (exact) mass is 434 g/mol. The molecule has 170 valence electrons. The minimum atomic E-state index is -1.64. The van der Waals surface area contributed by atoms with Crippen LogP contribution >= 0.6 is 0 Å². The van der Waals surface area contributed by atoms with E-state index in [0.717, 1.165) is 18.4 Å². The molecule has 0 amide bonds. The largest absolute Gasteiger partial charge is 0.266 e. The summed E-state index contributed by atoms with van der Waals surface area (Å²) in [5.74, 6) is 5.90. The number of rotatable bonds is 6. The average molecular weight is 435 g/mol. The average Bonchev–Trinajstić information content (AvgIpc) is 2.74. The molecule has 0 aliphatic heterocycles. The summed E-state index contributed by atoms with van der Waals surface area (Å²) in [7, 11) is 0. The molecule has 0 radical (unpaired) electrons. The van der Waals surface area contributed by atoms with Gasteiger partial charge in [0.2, 0.25) is 0 Å². The van der Waals surface area contributed by atoms with Crippen LogP contribution in [0.3, 0.4) is 0 Å². The quantitative estimate of drug-likeness (QED) is 0.311. The summed E-state index contributed by atoms with van der Waals surface area (Å²) in [6.45, 7) is 2.24. The summed E-state index contributed by atoms with van der Waals surface area (Å²) in [5.41, 5.74) is 0.539. The Kier molecular flexibility index (Phi) is 9.05. The van der Waals surface area contributed by atoms with E-state index in [1.165, 1.54) is 50.7 Å². The Bertz CT molecular complexity index is 773. The SMILES string of the molecule is CCC[C@H]1CC[C@H](CCc2cc(F)c(C#C[C@H]3CC[C@H](C=C(F)F)CC3)c(F)c2)CC1. The standard InChI is InChI=1S/C27H34F4/c1-2-3-19-4-6-20(7-5-19)10-13-23-16-25(28)24(26(29)17-23)15-14-21-8-11-22(12-9-21)18-27(30)31/h16-22H,2-13H2,1H3/t19-,20-,21-,22-. The van der Waals surface area contributed by atoms with Crippen molar-refractivity contribution in [2.24, 2.45) is 23.7 Å². The highest BCUT2D eigenvalue weighted by atomic mass is 19.3. The van der Waals surface area contributed by atoms with E-state index in [4.69, 9.17) is 0 Å². The van der Waals surface area contributed by atoms with Crippen molar-refractivity contribution in [3.05, 3.63) is 47.1 Å². The molecule has 0 nitrogen and oxygen atoms in total. The first-order valence-electron chi connectivity index (χ1n) is 12.0. The van der Waals surface area contributed by atoms with Gasteiger partial charge in [-0.1, -0.05) is 57.3 Å². The summed E-state index contributed by atoms with van der Waals surface area (Å²) >= 11 is 0. The van der Waals surface area contributed by atoms with Crippen molar-refractivity contribution in [2.75, 3.05) is 0 Å². The van der Waals surface area contributed by atoms with Gasteiger partial charge in [-0.3, -0.25) is 0 Å². The molecular formula is C27H34F4. The third-order valence-corrected chi connectivity index (χ3v) is 7.14. The topological polar surface area (TPSA) is 0 Å². The van der Waals surface area contributed by atoms with E-state index in [1.807, 2.05) is 0 Å². The molecule has 3 rings (SSSR count). The van der Waals surface area contributed by atoms with Gasteiger partial charge < -0.3 is 0 Å². The first-order chi connectivity index (χ1) is 14.9. The maximum absolute atomic E-state index is 14.5. The predicted octanol–water partition coefficient (Wildman–Crippen LogP) is 8.44. The second kappa shape index (κ2) is 11.7. The summed E-state index contributed by atoms with van der Waals surface area (Å²) in [6, 6.07) is 2.86. The fraction of sp³-hybridized carbons (Fsp3) is 0.630. The van der Waals surface area contributed by atoms with Crippen LogP contribution in [-0.2, 0) is 6.42 Å². The Morgan fingerprint density at radius 3 is 2.03 bits per heavy atom. The minimum Gasteiger partial charge on any atom is -0.206 e. The molecular weight excluding hydrogens is 400 g/mol. The molecule has 2 aliphatic carbocycles. The normalized spacial score (nSPS) is 26.1. The van der Waals surface area contributed by atoms with Crippen molar-refractivity contribution < 1.29 is 17.6 Å². The molecule has 2 saturated carbocycles. The molecule has 0 atom stereocenters. The molecule has 0 saturated heterocycles. The van der Waals surface area contributed by atoms with Gasteiger partial charge in [0.05, 0.1) is 5.56 Å². The third-order valence-electron chi connectivity index (χ3n) is 7.14. The maximum Gasteiger partial charge on any atom is 0.266 e. The number of aryl methyl sites for hydroxylation is 1. The van der Waals surface area contributed by atoms with Crippen LogP contribution in [0.25, 0.3) is 0 Å². The zero-order valence-corrected chi connectivity index (χ0v) is 18.5. The Hall–Kier alpha value is -1.76. The lowest BCUT2D eigenvalue weighted by Gasteiger charge is -2.28. The molecule has 4 heteroatoms. The van der Waals surface area contributed by atoms with E-state index in [1.54, 1.807) is 0 Å². The van der Waals surface area contributed by atoms with Crippen molar-refractivity contribution in [3.63, 3.8) is 0 Å². The Morgan fingerprint density at radius 2 is 1.48 bits per heavy atom. The molecule has 0 heterocycles. The van der Waals surface area contributed by atoms with Gasteiger partial charge in [-0.15, -0.1) is 0 Å². The first kappa shape index (κ1) is 23.9. The first-order valence-corrected chi connectivity index (χ1v) is 12.0. The van der Waals surface area contributed by atoms with Crippen LogP contribution < -0.4 is 0 Å². The minimum absolute atomic E-state index is 0.00800. The second-order valence-corrected chi connectivity index (χ2v) is 9.49. The molecule has 2 fully saturated rings. The molecule has 0 bridgehead atoms. The van der Waals surface area contributed by atoms with Crippen LogP contribution in [0.5, 0.6) is 0 Å². The summed E-state index contributed by atoms with van der Waals surface area (Å²) < 4.78 is 53.8. The number of allylic oxidation sites excluding steroid dienone is 1. The van der Waals surface area contributed by atoms with Crippen molar-refractivity contribution in [2.45, 2.75) is 84.0 Å². The molecule has 0 aromatic heterocycles. The van der Waals surface area contributed by atoms with E-state index in [9.17, 15) is 17.6 Å². The lowest BCUT2D eigenvalue weighted by Crippen LogP contribution is -2.15. The van der Waals surface area contributed by atoms with E-state index in [-0.39, 0.29) is 17.4 Å². The second-order valence-electron chi connectivity index (χ2n) is 9.49. The van der Waals surface area contributed by atoms with E-state index in [2.05, 4.69) is 18.8 Å². The molecule has 2 aliphatic rings. The van der Waals surface area contributed by atoms with Gasteiger partial charge in [0.25, 0.3) is 6.08 Å². The van der Waals surface area contributed by atoms with Crippen molar-refractivity contribution in [1.29, 1.82) is 0 Å². The van der Waals surface area contributed by atoms with Crippen molar-refractivity contribution >= 4 is 0 Å². The van der Waals surface area contributed by atoms with E-state index >= 15 is 0 Å². The van der Waals surface area contributed by atoms with Crippen molar-refractivity contribution in [1.82, 2.24) is 0 Å². The fourth-order valence-corrected chi connectivity index (χ4v) is 5.26. The van der Waals surface area contributed by atoms with Gasteiger partial charge in [-0.25, -0.2) is 8.78 Å². The lowest BCUT2D eigenvalue weighted by atomic mass is 9.78. The van der Waals surface area contributed by atoms with Gasteiger partial charge >= 0.3 is 0 Å². The van der Waals surface area contributed by atoms with Gasteiger partial charge in [0, 0.05) is 5.92 Å². The highest BCUT2D eigenvalue weighted by molar-refractivity contribution is 5.39. The summed E-state index contributed by atoms with van der Waals surface area (Å²) in [6.07, 6.45) is 11.3. The molecule has 1 aromatic rings. The van der Waals surface area contributed by atoms with Crippen LogP contribution in [0.15, 0.2) is 24.3 Å². The summed E-state index contributed by atoms with van der Waals surface area (Å²) in [4.78, 5) is 0. The predicted molar refractivity (Wildman–Crippen MR) is 118 cm³/mol. The Morgan fingerprint density at radius 1 is 0.903 bits per heavy atom. The van der Waals surface area contributed by atoms with Gasteiger partial charge in [0.1, 0.15) is 11.6 Å². The third kappa shape index (κ3) is 7.41. The lowest BCUT2D eigenvalue weighted by molar-refractivity contribution is 0.252. The smallest absolute Gasteiger partial charge is 0.206 e. The highest BCUT2D eigenvalue weighted by Gasteiger charge is 2.21. The maximum atomic E-state index is 14.5. The zero-order valence-electron chi connectivity index (χ0n) is 18.5. The van der Waals surface area contributed by atoms with Gasteiger partial charge in [-0.2, -0.15) is 8.78 Å². The van der Waals surface area contributed by atoms with Crippen LogP contribution in [0.4, 0.5) is 17.6 Å². The molecule has 0 N–H and O–H groups in total. The molecule has 0 unspecified atom stereocenters. The van der Waals surface area contributed by atoms with Crippen LogP contribution in [0, 0.1) is 47.1 Å². The highest BCUT2D eigenvalue weighted by Crippen LogP contribution is 2.34. The van der Waals surface area contributed by atoms with Crippen LogP contribution in [0.2, 0.25) is 0 Å². The number of hydrogen-bond donors (Lipinski definition) is 0. The Balaban J connectivity index is 1.52. The number of benzene rings is 1. The van der Waals surface area contributed by atoms with Gasteiger partial charge in [-0.05, 0) is 80.1 Å². The molecule has 1 aromatic carbocycles. The van der Waals surface area contributed by atoms with Crippen LogP contribution in [-0.4, -0.2) is 0 Å². The van der Waals surface area contributed by atoms with E-state index in [0.29, 0.717) is 43.6 Å². The van der Waals surface area contributed by atoms with Crippen molar-refractivity contribution in [3.8, 4) is 11.8 Å². The number of halogens is 4. The number of hydrogen-bond acceptors (Lipinski definition) is 0. The molecule has 31 heavy (non-hydrogen) atoms. The summed E-state index contributed by atoms with van der Waals surface area (Å²) in [5, 5.41) is 0. The fourth-order valence-electron chi connectivity index (χ4n) is 5.26. The van der Waals surface area contributed by atoms with Gasteiger partial charge in [0.15, 0.2) is 0 Å². The van der Waals surface area contributed by atoms with Crippen LogP contribution in [0.1, 0.15) is 88.7 Å². The molecule has 0 spiro atoms. The zero-order chi connectivity index (χ0) is 22.2. The Labute approximate surface area is 184 Å². The van der Waals surface area contributed by atoms with E-state index < -0.39 is 17.7 Å².